The predicted molar refractivity (Wildman–Crippen MR) is 98.2 cm³/mol. The van der Waals surface area contributed by atoms with Gasteiger partial charge in [-0.15, -0.1) is 0 Å². The Kier molecular flexibility index (Phi) is 11.3. The third kappa shape index (κ3) is 7.12. The minimum absolute atomic E-state index is 0.0787. The molecule has 7 heteroatoms. The van der Waals surface area contributed by atoms with Crippen LogP contribution >= 0.6 is 0 Å². The van der Waals surface area contributed by atoms with Crippen molar-refractivity contribution >= 4 is 18.1 Å². The van der Waals surface area contributed by atoms with Crippen molar-refractivity contribution in [3.8, 4) is 0 Å². The summed E-state index contributed by atoms with van der Waals surface area (Å²) in [5.74, 6) is -0.118. The first-order valence-corrected chi connectivity index (χ1v) is 8.92. The summed E-state index contributed by atoms with van der Waals surface area (Å²) < 4.78 is 5.44. The molecule has 25 heavy (non-hydrogen) atoms. The van der Waals surface area contributed by atoms with Crippen molar-refractivity contribution < 1.29 is 19.1 Å². The molecule has 7 nitrogen and oxygen atoms in total. The molecule has 0 aromatic rings. The highest BCUT2D eigenvalue weighted by Crippen LogP contribution is 2.20. The van der Waals surface area contributed by atoms with E-state index in [1.54, 1.807) is 26.1 Å². The van der Waals surface area contributed by atoms with Crippen LogP contribution < -0.4 is 10.6 Å². The second-order valence-electron chi connectivity index (χ2n) is 6.79. The number of rotatable bonds is 12. The molecule has 0 spiro atoms. The average Bonchev–Trinajstić information content (AvgIpc) is 2.58. The Morgan fingerprint density at radius 3 is 2.24 bits per heavy atom. The molecule has 0 rings (SSSR count). The van der Waals surface area contributed by atoms with Crippen molar-refractivity contribution in [1.82, 2.24) is 15.5 Å². The third-order valence-corrected chi connectivity index (χ3v) is 4.75. The van der Waals surface area contributed by atoms with Crippen molar-refractivity contribution in [2.45, 2.75) is 58.7 Å². The largest absolute Gasteiger partial charge is 0.379 e. The van der Waals surface area contributed by atoms with Crippen LogP contribution in [0.5, 0.6) is 0 Å². The Labute approximate surface area is 151 Å². The Morgan fingerprint density at radius 1 is 1.24 bits per heavy atom. The van der Waals surface area contributed by atoms with E-state index in [-0.39, 0.29) is 54.8 Å². The van der Waals surface area contributed by atoms with Gasteiger partial charge >= 0.3 is 0 Å². The van der Waals surface area contributed by atoms with Crippen LogP contribution in [-0.2, 0) is 19.1 Å². The summed E-state index contributed by atoms with van der Waals surface area (Å²) in [5.41, 5.74) is 0. The number of ether oxygens (including phenoxy) is 1. The zero-order valence-electron chi connectivity index (χ0n) is 16.7. The van der Waals surface area contributed by atoms with Crippen molar-refractivity contribution in [2.24, 2.45) is 11.8 Å². The number of likely N-dealkylation sites (N-methyl/N-ethyl adjacent to an activating group) is 2. The summed E-state index contributed by atoms with van der Waals surface area (Å²) in [5, 5.41) is 5.65. The lowest BCUT2D eigenvalue weighted by Gasteiger charge is -2.37. The summed E-state index contributed by atoms with van der Waals surface area (Å²) in [6.45, 7) is 7.86. The van der Waals surface area contributed by atoms with E-state index in [1.807, 2.05) is 27.7 Å². The van der Waals surface area contributed by atoms with Gasteiger partial charge < -0.3 is 25.1 Å². The number of nitrogens with one attached hydrogen (secondary N) is 2. The zero-order valence-corrected chi connectivity index (χ0v) is 16.7. The van der Waals surface area contributed by atoms with Crippen LogP contribution in [0.1, 0.15) is 40.5 Å². The Hall–Kier alpha value is -1.47. The topological polar surface area (TPSA) is 87.7 Å². The van der Waals surface area contributed by atoms with Crippen molar-refractivity contribution in [3.63, 3.8) is 0 Å². The summed E-state index contributed by atoms with van der Waals surface area (Å²) in [6.07, 6.45) is 1.52. The number of hydrogen-bond acceptors (Lipinski definition) is 5. The molecular formula is C18H35N3O4. The van der Waals surface area contributed by atoms with Crippen LogP contribution in [0.15, 0.2) is 0 Å². The molecule has 0 aromatic heterocycles. The molecular weight excluding hydrogens is 322 g/mol. The molecule has 4 atom stereocenters. The van der Waals surface area contributed by atoms with E-state index in [0.717, 1.165) is 12.7 Å². The number of aldehydes is 1. The van der Waals surface area contributed by atoms with Gasteiger partial charge in [-0.3, -0.25) is 9.59 Å². The first-order valence-electron chi connectivity index (χ1n) is 8.92. The van der Waals surface area contributed by atoms with E-state index in [2.05, 4.69) is 10.6 Å². The summed E-state index contributed by atoms with van der Waals surface area (Å²) in [7, 11) is 4.96. The maximum atomic E-state index is 12.6. The Morgan fingerprint density at radius 2 is 1.84 bits per heavy atom. The third-order valence-electron chi connectivity index (χ3n) is 4.75. The minimum atomic E-state index is -0.363. The minimum Gasteiger partial charge on any atom is -0.379 e. The number of carbonyl (C=O) groups excluding carboxylic acids is 3. The van der Waals surface area contributed by atoms with Crippen LogP contribution in [0.3, 0.4) is 0 Å². The maximum absolute atomic E-state index is 12.6. The molecule has 0 saturated carbocycles. The second kappa shape index (κ2) is 12.0. The summed E-state index contributed by atoms with van der Waals surface area (Å²) in [4.78, 5) is 37.3. The lowest BCUT2D eigenvalue weighted by Crippen LogP contribution is -2.53. The molecule has 0 radical (unpaired) electrons. The first-order chi connectivity index (χ1) is 11.7. The van der Waals surface area contributed by atoms with Crippen LogP contribution in [0.25, 0.3) is 0 Å². The van der Waals surface area contributed by atoms with Crippen LogP contribution in [0.4, 0.5) is 0 Å². The molecule has 0 fully saturated rings. The van der Waals surface area contributed by atoms with E-state index >= 15 is 0 Å². The fraction of sp³-hybridized carbons (Fsp3) is 0.833. The molecule has 0 aliphatic carbocycles. The number of nitrogens with zero attached hydrogens (tertiary/aromatic N) is 1. The molecule has 1 unspecified atom stereocenters. The normalized spacial score (nSPS) is 16.0. The van der Waals surface area contributed by atoms with Gasteiger partial charge in [-0.2, -0.15) is 0 Å². The summed E-state index contributed by atoms with van der Waals surface area (Å²) >= 11 is 0. The average molecular weight is 357 g/mol. The molecule has 2 amide bonds. The quantitative estimate of drug-likeness (QED) is 0.505. The van der Waals surface area contributed by atoms with Gasteiger partial charge in [-0.05, 0) is 18.9 Å². The highest BCUT2D eigenvalue weighted by molar-refractivity contribution is 5.87. The van der Waals surface area contributed by atoms with Gasteiger partial charge in [0.25, 0.3) is 0 Å². The second-order valence-corrected chi connectivity index (χ2v) is 6.79. The van der Waals surface area contributed by atoms with E-state index in [9.17, 15) is 14.4 Å². The van der Waals surface area contributed by atoms with Crippen molar-refractivity contribution in [2.75, 3.05) is 27.7 Å². The molecule has 0 saturated heterocycles. The number of methoxy groups -OCH3 is 1. The molecule has 0 bridgehead atoms. The molecule has 0 heterocycles. The standard InChI is InChI=1S/C18H35N3O4/c1-8-13(4)17(14(25-7)9-10-22)21(6)15(23)11-20-18(24)16(19-5)12(2)3/h10,12-14,16-17,19H,8-9,11H2,1-7H3,(H,20,24)/t13-,14?,16-,17-/m0/s1. The zero-order chi connectivity index (χ0) is 19.6. The first kappa shape index (κ1) is 23.5. The van der Waals surface area contributed by atoms with Gasteiger partial charge in [0, 0.05) is 20.6 Å². The van der Waals surface area contributed by atoms with Gasteiger partial charge in [-0.25, -0.2) is 0 Å². The van der Waals surface area contributed by atoms with Gasteiger partial charge in [0.1, 0.15) is 6.29 Å². The van der Waals surface area contributed by atoms with Crippen LogP contribution in [0, 0.1) is 11.8 Å². The highest BCUT2D eigenvalue weighted by atomic mass is 16.5. The lowest BCUT2D eigenvalue weighted by atomic mass is 9.91. The van der Waals surface area contributed by atoms with Crippen LogP contribution in [-0.4, -0.2) is 68.9 Å². The number of carbonyl (C=O) groups is 3. The van der Waals surface area contributed by atoms with E-state index in [1.165, 1.54) is 0 Å². The Bertz CT molecular complexity index is 429. The fourth-order valence-corrected chi connectivity index (χ4v) is 3.04. The number of hydrogen-bond donors (Lipinski definition) is 2. The molecule has 0 aliphatic heterocycles. The van der Waals surface area contributed by atoms with Crippen LogP contribution in [0.2, 0.25) is 0 Å². The highest BCUT2D eigenvalue weighted by Gasteiger charge is 2.32. The van der Waals surface area contributed by atoms with E-state index in [0.29, 0.717) is 0 Å². The lowest BCUT2D eigenvalue weighted by molar-refractivity contribution is -0.138. The van der Waals surface area contributed by atoms with Crippen molar-refractivity contribution in [1.29, 1.82) is 0 Å². The Balaban J connectivity index is 5.00. The van der Waals surface area contributed by atoms with E-state index < -0.39 is 0 Å². The SMILES string of the molecule is CC[C@H](C)[C@@H](C(CC=O)OC)N(C)C(=O)CNC(=O)[C@@H](NC)C(C)C. The number of amides is 2. The molecule has 0 aromatic carbocycles. The fourth-order valence-electron chi connectivity index (χ4n) is 3.04. The van der Waals surface area contributed by atoms with Gasteiger partial charge in [0.2, 0.25) is 11.8 Å². The summed E-state index contributed by atoms with van der Waals surface area (Å²) in [6, 6.07) is -0.569. The van der Waals surface area contributed by atoms with Gasteiger partial charge in [-0.1, -0.05) is 34.1 Å². The smallest absolute Gasteiger partial charge is 0.242 e. The van der Waals surface area contributed by atoms with Crippen molar-refractivity contribution in [3.05, 3.63) is 0 Å². The molecule has 146 valence electrons. The molecule has 2 N–H and O–H groups in total. The monoisotopic (exact) mass is 357 g/mol. The predicted octanol–water partition coefficient (Wildman–Crippen LogP) is 0.824. The van der Waals surface area contributed by atoms with E-state index in [4.69, 9.17) is 4.74 Å². The molecule has 0 aliphatic rings. The van der Waals surface area contributed by atoms with Gasteiger partial charge in [0.05, 0.1) is 24.7 Å². The maximum Gasteiger partial charge on any atom is 0.242 e. The van der Waals surface area contributed by atoms with Gasteiger partial charge in [0.15, 0.2) is 0 Å².